The average molecular weight is 856 g/mol. The van der Waals surface area contributed by atoms with E-state index >= 15 is 0 Å². The standard InChI is InChI=1S/C64H41NS/c1-4-18-42(19-5-1)46-36-38-55-56(40-46)63(43-20-6-2-7-21-43)52-27-13-10-24-49(52)62(55)45-34-32-44(33-35-45)61-50-25-11-14-28-53(50)64(54-29-15-12-26-51(54)61)47-37-39-58-60(41-47)66-59-31-17-16-30-57(59)65(58)48-22-8-3-9-23-48/h1-41H. The van der Waals surface area contributed by atoms with Gasteiger partial charge in [0.15, 0.2) is 0 Å². The Morgan fingerprint density at radius 1 is 0.227 bits per heavy atom. The average Bonchev–Trinajstić information content (AvgIpc) is 3.39. The smallest absolute Gasteiger partial charge is 0.0602 e. The molecule has 0 unspecified atom stereocenters. The Kier molecular flexibility index (Phi) is 9.18. The van der Waals surface area contributed by atoms with E-state index in [1.807, 2.05) is 11.8 Å². The lowest BCUT2D eigenvalue weighted by atomic mass is 9.83. The van der Waals surface area contributed by atoms with E-state index in [2.05, 4.69) is 254 Å². The molecule has 12 aromatic rings. The Bertz CT molecular complexity index is 3760. The fourth-order valence-electron chi connectivity index (χ4n) is 10.5. The van der Waals surface area contributed by atoms with Crippen molar-refractivity contribution < 1.29 is 0 Å². The van der Waals surface area contributed by atoms with Gasteiger partial charge in [0.05, 0.1) is 11.4 Å². The van der Waals surface area contributed by atoms with Gasteiger partial charge in [0.1, 0.15) is 0 Å². The number of anilines is 3. The molecule has 13 rings (SSSR count). The molecule has 0 spiro atoms. The van der Waals surface area contributed by atoms with Crippen LogP contribution in [0.5, 0.6) is 0 Å². The summed E-state index contributed by atoms with van der Waals surface area (Å²) in [4.78, 5) is 4.90. The van der Waals surface area contributed by atoms with Gasteiger partial charge in [-0.25, -0.2) is 0 Å². The van der Waals surface area contributed by atoms with E-state index in [-0.39, 0.29) is 0 Å². The van der Waals surface area contributed by atoms with Crippen molar-refractivity contribution in [2.75, 3.05) is 4.90 Å². The zero-order valence-electron chi connectivity index (χ0n) is 36.0. The molecular formula is C64H41NS. The molecular weight excluding hydrogens is 815 g/mol. The summed E-state index contributed by atoms with van der Waals surface area (Å²) in [5, 5.41) is 10.0. The molecule has 1 nitrogen and oxygen atoms in total. The molecule has 0 fully saturated rings. The molecule has 0 radical (unpaired) electrons. The first kappa shape index (κ1) is 38.3. The lowest BCUT2D eigenvalue weighted by molar-refractivity contribution is 1.17. The van der Waals surface area contributed by atoms with E-state index in [0.717, 1.165) is 5.69 Å². The molecule has 1 aliphatic rings. The maximum absolute atomic E-state index is 2.41. The van der Waals surface area contributed by atoms with Crippen LogP contribution < -0.4 is 4.90 Å². The maximum Gasteiger partial charge on any atom is 0.0602 e. The second kappa shape index (κ2) is 15.8. The highest BCUT2D eigenvalue weighted by molar-refractivity contribution is 7.99. The van der Waals surface area contributed by atoms with Crippen LogP contribution in [0.4, 0.5) is 17.1 Å². The highest BCUT2D eigenvalue weighted by atomic mass is 32.2. The van der Waals surface area contributed by atoms with Crippen LogP contribution in [0.15, 0.2) is 259 Å². The molecule has 0 saturated heterocycles. The maximum atomic E-state index is 2.41. The molecule has 0 amide bonds. The summed E-state index contributed by atoms with van der Waals surface area (Å²) < 4.78 is 0. The largest absolute Gasteiger partial charge is 0.308 e. The summed E-state index contributed by atoms with van der Waals surface area (Å²) >= 11 is 1.86. The second-order valence-corrected chi connectivity index (χ2v) is 18.2. The lowest BCUT2D eigenvalue weighted by Crippen LogP contribution is -2.14. The Labute approximate surface area is 388 Å². The summed E-state index contributed by atoms with van der Waals surface area (Å²) in [6.07, 6.45) is 0. The van der Waals surface area contributed by atoms with Crippen molar-refractivity contribution in [3.63, 3.8) is 0 Å². The summed E-state index contributed by atoms with van der Waals surface area (Å²) in [7, 11) is 0. The van der Waals surface area contributed by atoms with Gasteiger partial charge in [-0.05, 0) is 141 Å². The Balaban J connectivity index is 0.975. The van der Waals surface area contributed by atoms with Gasteiger partial charge >= 0.3 is 0 Å². The predicted octanol–water partition coefficient (Wildman–Crippen LogP) is 18.6. The third kappa shape index (κ3) is 6.25. The topological polar surface area (TPSA) is 3.24 Å². The molecule has 0 saturated carbocycles. The molecule has 1 aliphatic heterocycles. The van der Waals surface area contributed by atoms with Crippen molar-refractivity contribution in [3.8, 4) is 55.6 Å². The molecule has 1 heterocycles. The van der Waals surface area contributed by atoms with E-state index in [9.17, 15) is 0 Å². The first-order chi connectivity index (χ1) is 32.8. The van der Waals surface area contributed by atoms with Gasteiger partial charge in [-0.1, -0.05) is 218 Å². The van der Waals surface area contributed by atoms with Gasteiger partial charge in [-0.3, -0.25) is 0 Å². The molecule has 12 aromatic carbocycles. The van der Waals surface area contributed by atoms with Crippen molar-refractivity contribution >= 4 is 71.9 Å². The number of para-hydroxylation sites is 2. The second-order valence-electron chi connectivity index (χ2n) is 17.1. The number of fused-ring (bicyclic) bond motifs is 6. The minimum absolute atomic E-state index is 1.16. The predicted molar refractivity (Wildman–Crippen MR) is 282 cm³/mol. The molecule has 0 atom stereocenters. The molecule has 66 heavy (non-hydrogen) atoms. The number of hydrogen-bond donors (Lipinski definition) is 0. The van der Waals surface area contributed by atoms with Gasteiger partial charge in [0.2, 0.25) is 0 Å². The van der Waals surface area contributed by atoms with E-state index < -0.39 is 0 Å². The summed E-state index contributed by atoms with van der Waals surface area (Å²) in [6.45, 7) is 0. The van der Waals surface area contributed by atoms with Crippen molar-refractivity contribution in [1.82, 2.24) is 0 Å². The van der Waals surface area contributed by atoms with Crippen LogP contribution in [-0.2, 0) is 0 Å². The third-order valence-electron chi connectivity index (χ3n) is 13.4. The van der Waals surface area contributed by atoms with Crippen molar-refractivity contribution in [3.05, 3.63) is 249 Å². The Hall–Kier alpha value is -8.17. The van der Waals surface area contributed by atoms with Crippen LogP contribution in [0.3, 0.4) is 0 Å². The highest BCUT2D eigenvalue weighted by Crippen LogP contribution is 2.54. The van der Waals surface area contributed by atoms with Gasteiger partial charge in [0, 0.05) is 15.5 Å². The van der Waals surface area contributed by atoms with Crippen LogP contribution >= 0.6 is 11.8 Å². The quantitative estimate of drug-likeness (QED) is 0.153. The van der Waals surface area contributed by atoms with Crippen LogP contribution in [0, 0.1) is 0 Å². The summed E-state index contributed by atoms with van der Waals surface area (Å²) in [5.41, 5.74) is 15.9. The van der Waals surface area contributed by atoms with Crippen molar-refractivity contribution in [1.29, 1.82) is 0 Å². The lowest BCUT2D eigenvalue weighted by Gasteiger charge is -2.33. The SMILES string of the molecule is c1ccc(-c2ccc3c(-c4ccc(-c5c6ccccc6c(-c6ccc7c(c6)Sc6ccccc6N7c6ccccc6)c6ccccc56)cc4)c4ccccc4c(-c4ccccc4)c3c2)cc1. The van der Waals surface area contributed by atoms with E-state index in [1.165, 1.54) is 120 Å². The van der Waals surface area contributed by atoms with Crippen molar-refractivity contribution in [2.24, 2.45) is 0 Å². The highest BCUT2D eigenvalue weighted by Gasteiger charge is 2.26. The molecule has 0 aliphatic carbocycles. The third-order valence-corrected chi connectivity index (χ3v) is 14.5. The van der Waals surface area contributed by atoms with Crippen LogP contribution in [0.25, 0.3) is 98.7 Å². The first-order valence-electron chi connectivity index (χ1n) is 22.7. The minimum Gasteiger partial charge on any atom is -0.308 e. The molecule has 308 valence electrons. The molecule has 2 heteroatoms. The van der Waals surface area contributed by atoms with Crippen molar-refractivity contribution in [2.45, 2.75) is 9.79 Å². The molecule has 0 N–H and O–H groups in total. The minimum atomic E-state index is 1.16. The number of benzene rings is 12. The van der Waals surface area contributed by atoms with Gasteiger partial charge in [-0.15, -0.1) is 0 Å². The van der Waals surface area contributed by atoms with Gasteiger partial charge in [0.25, 0.3) is 0 Å². The molecule has 0 aromatic heterocycles. The van der Waals surface area contributed by atoms with Gasteiger partial charge in [-0.2, -0.15) is 0 Å². The fraction of sp³-hybridized carbons (Fsp3) is 0. The number of hydrogen-bond acceptors (Lipinski definition) is 2. The monoisotopic (exact) mass is 855 g/mol. The van der Waals surface area contributed by atoms with Gasteiger partial charge < -0.3 is 4.90 Å². The van der Waals surface area contributed by atoms with Crippen LogP contribution in [0.2, 0.25) is 0 Å². The van der Waals surface area contributed by atoms with Crippen LogP contribution in [0.1, 0.15) is 0 Å². The Morgan fingerprint density at radius 2 is 0.606 bits per heavy atom. The zero-order chi connectivity index (χ0) is 43.6. The Morgan fingerprint density at radius 3 is 1.17 bits per heavy atom. The van der Waals surface area contributed by atoms with E-state index in [1.54, 1.807) is 0 Å². The number of nitrogens with zero attached hydrogens (tertiary/aromatic N) is 1. The molecule has 0 bridgehead atoms. The first-order valence-corrected chi connectivity index (χ1v) is 23.5. The summed E-state index contributed by atoms with van der Waals surface area (Å²) in [6, 6.07) is 91.5. The zero-order valence-corrected chi connectivity index (χ0v) is 36.8. The van der Waals surface area contributed by atoms with Crippen LogP contribution in [-0.4, -0.2) is 0 Å². The van der Waals surface area contributed by atoms with E-state index in [4.69, 9.17) is 0 Å². The summed E-state index contributed by atoms with van der Waals surface area (Å²) in [5.74, 6) is 0. The normalized spacial score (nSPS) is 12.2. The number of rotatable bonds is 6. The fourth-order valence-corrected chi connectivity index (χ4v) is 11.6. The van der Waals surface area contributed by atoms with E-state index in [0.29, 0.717) is 0 Å².